The van der Waals surface area contributed by atoms with E-state index in [0.29, 0.717) is 6.54 Å². The van der Waals surface area contributed by atoms with Gasteiger partial charge in [0.2, 0.25) is 0 Å². The van der Waals surface area contributed by atoms with E-state index in [9.17, 15) is 0 Å². The van der Waals surface area contributed by atoms with Crippen molar-refractivity contribution < 1.29 is 15.3 Å². The minimum absolute atomic E-state index is 0. The van der Waals surface area contributed by atoms with Crippen LogP contribution in [0.2, 0.25) is 0 Å². The first kappa shape index (κ1) is 11.1. The molecule has 1 fully saturated rings. The summed E-state index contributed by atoms with van der Waals surface area (Å²) < 4.78 is 0. The Morgan fingerprint density at radius 2 is 1.73 bits per heavy atom. The summed E-state index contributed by atoms with van der Waals surface area (Å²) >= 11 is 0. The van der Waals surface area contributed by atoms with Crippen LogP contribution in [0.1, 0.15) is 6.92 Å². The summed E-state index contributed by atoms with van der Waals surface area (Å²) in [6.45, 7) is 2.11. The van der Waals surface area contributed by atoms with Crippen LogP contribution in [0, 0.1) is 0 Å². The lowest BCUT2D eigenvalue weighted by Gasteiger charge is -2.33. The molecule has 0 aliphatic carbocycles. The highest BCUT2D eigenvalue weighted by Gasteiger charge is 2.33. The van der Waals surface area contributed by atoms with E-state index in [2.05, 4.69) is 5.32 Å². The first-order chi connectivity index (χ1) is 4.63. The minimum atomic E-state index is -1.00. The van der Waals surface area contributed by atoms with Crippen LogP contribution in [0.3, 0.4) is 0 Å². The molecule has 0 radical (unpaired) electrons. The Bertz CT molecular complexity index is 110. The fourth-order valence-electron chi connectivity index (χ4n) is 1.07. The van der Waals surface area contributed by atoms with Gasteiger partial charge >= 0.3 is 0 Å². The molecule has 0 amide bonds. The summed E-state index contributed by atoms with van der Waals surface area (Å²) in [5.41, 5.74) is 0. The van der Waals surface area contributed by atoms with Gasteiger partial charge in [-0.25, -0.2) is 0 Å². The monoisotopic (exact) mass is 183 g/mol. The molecule has 4 N–H and O–H groups in total. The lowest BCUT2D eigenvalue weighted by Crippen LogP contribution is -2.58. The van der Waals surface area contributed by atoms with Gasteiger partial charge < -0.3 is 20.6 Å². The van der Waals surface area contributed by atoms with Crippen LogP contribution in [0.25, 0.3) is 0 Å². The van der Waals surface area contributed by atoms with Crippen LogP contribution in [0.15, 0.2) is 0 Å². The first-order valence-corrected chi connectivity index (χ1v) is 3.40. The average molecular weight is 184 g/mol. The van der Waals surface area contributed by atoms with Crippen molar-refractivity contribution in [2.24, 2.45) is 0 Å². The molecule has 0 spiro atoms. The van der Waals surface area contributed by atoms with Gasteiger partial charge in [-0.15, -0.1) is 12.4 Å². The zero-order valence-corrected chi connectivity index (χ0v) is 7.08. The van der Waals surface area contributed by atoms with Gasteiger partial charge in [0, 0.05) is 12.6 Å². The highest BCUT2D eigenvalue weighted by molar-refractivity contribution is 5.85. The van der Waals surface area contributed by atoms with E-state index in [1.165, 1.54) is 0 Å². The Kier molecular flexibility index (Phi) is 4.28. The van der Waals surface area contributed by atoms with Crippen LogP contribution in [0.5, 0.6) is 0 Å². The van der Waals surface area contributed by atoms with E-state index in [-0.39, 0.29) is 18.4 Å². The molecule has 0 unspecified atom stereocenters. The fourth-order valence-corrected chi connectivity index (χ4v) is 1.07. The molecule has 1 aliphatic rings. The number of halogens is 1. The number of hydrogen-bond donors (Lipinski definition) is 4. The highest BCUT2D eigenvalue weighted by atomic mass is 35.5. The number of piperidine rings is 1. The third kappa shape index (κ3) is 2.28. The largest absolute Gasteiger partial charge is 0.389 e. The average Bonchev–Trinajstić information content (AvgIpc) is 1.93. The lowest BCUT2D eigenvalue weighted by atomic mass is 9.98. The molecule has 0 aromatic heterocycles. The van der Waals surface area contributed by atoms with Gasteiger partial charge in [-0.2, -0.15) is 0 Å². The van der Waals surface area contributed by atoms with E-state index in [1.807, 2.05) is 0 Å². The van der Waals surface area contributed by atoms with E-state index < -0.39 is 18.3 Å². The van der Waals surface area contributed by atoms with Gasteiger partial charge in [0.15, 0.2) is 0 Å². The van der Waals surface area contributed by atoms with Gasteiger partial charge in [0.05, 0.1) is 12.2 Å². The Morgan fingerprint density at radius 1 is 1.18 bits per heavy atom. The molecular weight excluding hydrogens is 170 g/mol. The van der Waals surface area contributed by atoms with Gasteiger partial charge in [0.25, 0.3) is 0 Å². The van der Waals surface area contributed by atoms with E-state index in [0.717, 1.165) is 0 Å². The minimum Gasteiger partial charge on any atom is -0.389 e. The summed E-state index contributed by atoms with van der Waals surface area (Å²) in [4.78, 5) is 0. The van der Waals surface area contributed by atoms with Crippen molar-refractivity contribution in [3.8, 4) is 0 Å². The summed E-state index contributed by atoms with van der Waals surface area (Å²) in [6, 6.07) is -0.140. The SMILES string of the molecule is C[C@@H]1NC[C@@H](O)[C@H](O)[C@@H]1O.Cl. The van der Waals surface area contributed by atoms with Gasteiger partial charge in [-0.1, -0.05) is 0 Å². The molecule has 11 heavy (non-hydrogen) atoms. The van der Waals surface area contributed by atoms with E-state index in [4.69, 9.17) is 15.3 Å². The summed E-state index contributed by atoms with van der Waals surface area (Å²) in [6.07, 6.45) is -2.70. The van der Waals surface area contributed by atoms with Crippen LogP contribution >= 0.6 is 12.4 Å². The maximum atomic E-state index is 9.14. The fraction of sp³-hybridized carbons (Fsp3) is 1.00. The molecule has 0 saturated carbocycles. The smallest absolute Gasteiger partial charge is 0.108 e. The molecule has 0 aromatic carbocycles. The third-order valence-corrected chi connectivity index (χ3v) is 1.91. The predicted molar refractivity (Wildman–Crippen MR) is 42.7 cm³/mol. The Morgan fingerprint density at radius 3 is 2.18 bits per heavy atom. The number of nitrogens with one attached hydrogen (secondary N) is 1. The maximum absolute atomic E-state index is 9.14. The van der Waals surface area contributed by atoms with Crippen LogP contribution in [-0.2, 0) is 0 Å². The predicted octanol–water partition coefficient (Wildman–Crippen LogP) is -1.52. The maximum Gasteiger partial charge on any atom is 0.108 e. The van der Waals surface area contributed by atoms with E-state index in [1.54, 1.807) is 6.92 Å². The Labute approximate surface area is 71.6 Å². The highest BCUT2D eigenvalue weighted by Crippen LogP contribution is 2.09. The molecule has 0 aromatic rings. The molecule has 68 valence electrons. The zero-order chi connectivity index (χ0) is 7.72. The van der Waals surface area contributed by atoms with Crippen molar-refractivity contribution in [3.63, 3.8) is 0 Å². The third-order valence-electron chi connectivity index (χ3n) is 1.91. The van der Waals surface area contributed by atoms with Crippen molar-refractivity contribution in [2.45, 2.75) is 31.3 Å². The molecule has 5 heteroatoms. The number of β-amino-alcohol motifs (C(OH)–C–C–N with tert-alkyl or cyclic N) is 1. The summed E-state index contributed by atoms with van der Waals surface area (Å²) in [5.74, 6) is 0. The number of rotatable bonds is 0. The molecule has 4 atom stereocenters. The Hall–Kier alpha value is 0.130. The molecule has 1 saturated heterocycles. The zero-order valence-electron chi connectivity index (χ0n) is 6.27. The Balaban J connectivity index is 0.000001000. The van der Waals surface area contributed by atoms with Crippen LogP contribution in [-0.4, -0.2) is 46.2 Å². The van der Waals surface area contributed by atoms with Gasteiger partial charge in [0.1, 0.15) is 6.10 Å². The summed E-state index contributed by atoms with van der Waals surface area (Å²) in [5, 5.41) is 30.1. The second-order valence-corrected chi connectivity index (χ2v) is 2.75. The topological polar surface area (TPSA) is 72.7 Å². The second-order valence-electron chi connectivity index (χ2n) is 2.75. The molecule has 1 rings (SSSR count). The molecule has 1 aliphatic heterocycles. The van der Waals surface area contributed by atoms with Gasteiger partial charge in [-0.3, -0.25) is 0 Å². The standard InChI is InChI=1S/C6H13NO3.ClH/c1-3-5(9)6(10)4(8)2-7-3;/h3-10H,2H2,1H3;1H/t3-,4+,5+,6-;/m0./s1. The van der Waals surface area contributed by atoms with Crippen molar-refractivity contribution in [1.29, 1.82) is 0 Å². The molecule has 1 heterocycles. The van der Waals surface area contributed by atoms with Crippen molar-refractivity contribution >= 4 is 12.4 Å². The normalized spacial score (nSPS) is 44.7. The van der Waals surface area contributed by atoms with Crippen molar-refractivity contribution in [2.75, 3.05) is 6.54 Å². The summed E-state index contributed by atoms with van der Waals surface area (Å²) in [7, 11) is 0. The first-order valence-electron chi connectivity index (χ1n) is 3.40. The molecule has 4 nitrogen and oxygen atoms in total. The van der Waals surface area contributed by atoms with Crippen LogP contribution < -0.4 is 5.32 Å². The molecule has 0 bridgehead atoms. The molecular formula is C6H14ClNO3. The number of aliphatic hydroxyl groups is 3. The van der Waals surface area contributed by atoms with Crippen molar-refractivity contribution in [3.05, 3.63) is 0 Å². The van der Waals surface area contributed by atoms with Gasteiger partial charge in [-0.05, 0) is 6.92 Å². The van der Waals surface area contributed by atoms with Crippen molar-refractivity contribution in [1.82, 2.24) is 5.32 Å². The lowest BCUT2D eigenvalue weighted by molar-refractivity contribution is -0.0910. The number of aliphatic hydroxyl groups excluding tert-OH is 3. The number of hydrogen-bond acceptors (Lipinski definition) is 4. The van der Waals surface area contributed by atoms with Crippen LogP contribution in [0.4, 0.5) is 0 Å². The quantitative estimate of drug-likeness (QED) is 0.368. The second kappa shape index (κ2) is 4.23. The van der Waals surface area contributed by atoms with E-state index >= 15 is 0 Å².